The lowest BCUT2D eigenvalue weighted by atomic mass is 9.89. The van der Waals surface area contributed by atoms with E-state index in [1.165, 1.54) is 30.6 Å². The molecule has 1 aliphatic rings. The molecule has 1 aliphatic heterocycles. The van der Waals surface area contributed by atoms with Crippen LogP contribution in [-0.4, -0.2) is 18.1 Å². The first kappa shape index (κ1) is 16.6. The van der Waals surface area contributed by atoms with Crippen LogP contribution in [0.1, 0.15) is 22.8 Å². The van der Waals surface area contributed by atoms with E-state index in [0.29, 0.717) is 12.2 Å². The molecule has 1 unspecified atom stereocenters. The van der Waals surface area contributed by atoms with Crippen molar-refractivity contribution >= 4 is 22.9 Å². The molecular weight excluding hydrogens is 353 g/mol. The molecule has 0 aliphatic carbocycles. The molecule has 2 N–H and O–H groups in total. The third-order valence-corrected chi connectivity index (χ3v) is 5.63. The van der Waals surface area contributed by atoms with Crippen LogP contribution < -0.4 is 10.1 Å². The summed E-state index contributed by atoms with van der Waals surface area (Å²) >= 11 is 1.52. The Labute approximate surface area is 153 Å². The lowest BCUT2D eigenvalue weighted by molar-refractivity contribution is -0.116. The number of amides is 1. The van der Waals surface area contributed by atoms with Crippen LogP contribution in [0.15, 0.2) is 47.8 Å². The fraction of sp³-hybridized carbons (Fsp3) is 0.150. The molecule has 0 fully saturated rings. The van der Waals surface area contributed by atoms with E-state index in [4.69, 9.17) is 4.74 Å². The van der Waals surface area contributed by atoms with Gasteiger partial charge >= 0.3 is 0 Å². The van der Waals surface area contributed by atoms with Gasteiger partial charge in [0.25, 0.3) is 0 Å². The fourth-order valence-corrected chi connectivity index (χ4v) is 4.45. The minimum atomic E-state index is -0.318. The molecule has 6 heteroatoms. The molecule has 132 valence electrons. The van der Waals surface area contributed by atoms with Gasteiger partial charge < -0.3 is 15.2 Å². The third-order valence-electron chi connectivity index (χ3n) is 4.53. The number of hydrogen-bond acceptors (Lipinski definition) is 4. The molecule has 26 heavy (non-hydrogen) atoms. The summed E-state index contributed by atoms with van der Waals surface area (Å²) < 4.78 is 18.7. The van der Waals surface area contributed by atoms with Gasteiger partial charge in [0.2, 0.25) is 5.91 Å². The Hall–Kier alpha value is -2.86. The molecule has 1 aromatic heterocycles. The summed E-state index contributed by atoms with van der Waals surface area (Å²) in [6.07, 6.45) is 0.294. The zero-order chi connectivity index (χ0) is 18.3. The number of carbonyl (C=O) groups excluding carboxylic acids is 1. The Bertz CT molecular complexity index is 998. The number of phenolic OH excluding ortho intramolecular Hbond substituents is 1. The van der Waals surface area contributed by atoms with Crippen LogP contribution in [0.5, 0.6) is 11.5 Å². The second kappa shape index (κ2) is 6.46. The second-order valence-corrected chi connectivity index (χ2v) is 7.05. The number of methoxy groups -OCH3 is 1. The van der Waals surface area contributed by atoms with E-state index < -0.39 is 0 Å². The first-order valence-electron chi connectivity index (χ1n) is 8.11. The molecule has 0 saturated heterocycles. The van der Waals surface area contributed by atoms with Crippen molar-refractivity contribution in [3.63, 3.8) is 0 Å². The van der Waals surface area contributed by atoms with Gasteiger partial charge in [-0.2, -0.15) is 0 Å². The highest BCUT2D eigenvalue weighted by molar-refractivity contribution is 7.11. The number of halogens is 1. The monoisotopic (exact) mass is 369 g/mol. The lowest BCUT2D eigenvalue weighted by Crippen LogP contribution is -2.22. The van der Waals surface area contributed by atoms with Gasteiger partial charge in [0.05, 0.1) is 12.8 Å². The first-order chi connectivity index (χ1) is 12.6. The first-order valence-corrected chi connectivity index (χ1v) is 8.99. The number of phenols is 1. The highest BCUT2D eigenvalue weighted by Gasteiger charge is 2.31. The van der Waals surface area contributed by atoms with Gasteiger partial charge in [0.15, 0.2) is 11.5 Å². The predicted molar refractivity (Wildman–Crippen MR) is 99.5 cm³/mol. The van der Waals surface area contributed by atoms with Gasteiger partial charge in [0.1, 0.15) is 5.82 Å². The van der Waals surface area contributed by atoms with E-state index in [9.17, 15) is 14.3 Å². The van der Waals surface area contributed by atoms with Crippen molar-refractivity contribution in [1.82, 2.24) is 0 Å². The van der Waals surface area contributed by atoms with Crippen molar-refractivity contribution in [2.45, 2.75) is 12.3 Å². The normalized spacial score (nSPS) is 16.1. The van der Waals surface area contributed by atoms with E-state index in [1.54, 1.807) is 18.2 Å². The van der Waals surface area contributed by atoms with Crippen molar-refractivity contribution in [3.05, 3.63) is 64.1 Å². The quantitative estimate of drug-likeness (QED) is 0.701. The van der Waals surface area contributed by atoms with Crippen molar-refractivity contribution in [2.24, 2.45) is 0 Å². The molecule has 0 saturated carbocycles. The molecule has 0 radical (unpaired) electrons. The summed E-state index contributed by atoms with van der Waals surface area (Å²) in [7, 11) is 1.49. The summed E-state index contributed by atoms with van der Waals surface area (Å²) in [6, 6.07) is 11.5. The average molecular weight is 369 g/mol. The maximum absolute atomic E-state index is 13.6. The van der Waals surface area contributed by atoms with E-state index in [2.05, 4.69) is 5.32 Å². The van der Waals surface area contributed by atoms with Gasteiger partial charge in [-0.15, -0.1) is 11.3 Å². The Morgan fingerprint density at radius 3 is 2.85 bits per heavy atom. The number of ether oxygens (including phenoxy) is 1. The molecule has 3 aromatic rings. The largest absolute Gasteiger partial charge is 0.504 e. The molecule has 4 nitrogen and oxygen atoms in total. The number of fused-ring (bicyclic) bond motifs is 1. The molecule has 1 atom stereocenters. The van der Waals surface area contributed by atoms with Crippen molar-refractivity contribution in [3.8, 4) is 22.6 Å². The summed E-state index contributed by atoms with van der Waals surface area (Å²) in [5.74, 6) is -0.154. The summed E-state index contributed by atoms with van der Waals surface area (Å²) in [6.45, 7) is 0. The maximum Gasteiger partial charge on any atom is 0.225 e. The van der Waals surface area contributed by atoms with Crippen molar-refractivity contribution < 1.29 is 19.0 Å². The minimum Gasteiger partial charge on any atom is -0.504 e. The second-order valence-electron chi connectivity index (χ2n) is 6.14. The Morgan fingerprint density at radius 2 is 2.12 bits per heavy atom. The van der Waals surface area contributed by atoms with E-state index in [0.717, 1.165) is 27.3 Å². The van der Waals surface area contributed by atoms with Crippen molar-refractivity contribution in [1.29, 1.82) is 0 Å². The molecule has 2 heterocycles. The molecule has 2 aromatic carbocycles. The van der Waals surface area contributed by atoms with Crippen LogP contribution >= 0.6 is 11.3 Å². The topological polar surface area (TPSA) is 58.6 Å². The number of benzene rings is 2. The summed E-state index contributed by atoms with van der Waals surface area (Å²) in [4.78, 5) is 13.3. The average Bonchev–Trinajstić information content (AvgIpc) is 3.04. The number of hydrogen-bond donors (Lipinski definition) is 2. The number of rotatable bonds is 3. The van der Waals surface area contributed by atoms with E-state index in [-0.39, 0.29) is 23.4 Å². The van der Waals surface area contributed by atoms with Crippen LogP contribution in [0.4, 0.5) is 10.1 Å². The zero-order valence-corrected chi connectivity index (χ0v) is 14.8. The number of carbonyl (C=O) groups is 1. The van der Waals surface area contributed by atoms with Gasteiger partial charge in [-0.1, -0.05) is 18.2 Å². The number of anilines is 1. The standard InChI is InChI=1S/C20H16FNO3S/c1-25-17-6-5-12(8-16(17)23)14-9-18(24)22-19-15(10-26-20(14)19)11-3-2-4-13(21)7-11/h2-8,10,14,23H,9H2,1H3,(H,22,24). The highest BCUT2D eigenvalue weighted by Crippen LogP contribution is 2.47. The number of aromatic hydroxyl groups is 1. The SMILES string of the molecule is COc1ccc(C2CC(=O)Nc3c(-c4cccc(F)c4)csc32)cc1O. The summed E-state index contributed by atoms with van der Waals surface area (Å²) in [5.41, 5.74) is 3.09. The smallest absolute Gasteiger partial charge is 0.225 e. The molecule has 0 bridgehead atoms. The third kappa shape index (κ3) is 2.82. The van der Waals surface area contributed by atoms with E-state index in [1.807, 2.05) is 17.5 Å². The number of thiophene rings is 1. The molecule has 0 spiro atoms. The lowest BCUT2D eigenvalue weighted by Gasteiger charge is -2.24. The van der Waals surface area contributed by atoms with E-state index >= 15 is 0 Å². The van der Waals surface area contributed by atoms with Gasteiger partial charge in [0, 0.05) is 28.2 Å². The van der Waals surface area contributed by atoms with Crippen molar-refractivity contribution in [2.75, 3.05) is 12.4 Å². The van der Waals surface area contributed by atoms with Crippen LogP contribution in [0, 0.1) is 5.82 Å². The Kier molecular flexibility index (Phi) is 4.12. The van der Waals surface area contributed by atoms with Gasteiger partial charge in [-0.25, -0.2) is 4.39 Å². The highest BCUT2D eigenvalue weighted by atomic mass is 32.1. The maximum atomic E-state index is 13.6. The zero-order valence-electron chi connectivity index (χ0n) is 14.0. The Morgan fingerprint density at radius 1 is 1.27 bits per heavy atom. The minimum absolute atomic E-state index is 0.0411. The van der Waals surface area contributed by atoms with Crippen LogP contribution in [-0.2, 0) is 4.79 Å². The van der Waals surface area contributed by atoms with Gasteiger partial charge in [-0.05, 0) is 35.4 Å². The van der Waals surface area contributed by atoms with Gasteiger partial charge in [-0.3, -0.25) is 4.79 Å². The van der Waals surface area contributed by atoms with Crippen LogP contribution in [0.3, 0.4) is 0 Å². The fourth-order valence-electron chi connectivity index (χ4n) is 3.29. The molecular formula is C20H16FNO3S. The van der Waals surface area contributed by atoms with Crippen LogP contribution in [0.2, 0.25) is 0 Å². The predicted octanol–water partition coefficient (Wildman–Crippen LogP) is 4.74. The Balaban J connectivity index is 1.80. The molecule has 4 rings (SSSR count). The molecule has 1 amide bonds. The van der Waals surface area contributed by atoms with Crippen LogP contribution in [0.25, 0.3) is 11.1 Å². The summed E-state index contributed by atoms with van der Waals surface area (Å²) in [5, 5.41) is 14.9. The number of nitrogens with one attached hydrogen (secondary N) is 1.